The van der Waals surface area contributed by atoms with E-state index in [1.54, 1.807) is 72.2 Å². The van der Waals surface area contributed by atoms with Gasteiger partial charge in [-0.1, -0.05) is 83.6 Å². The van der Waals surface area contributed by atoms with Gasteiger partial charge in [0.2, 0.25) is 0 Å². The van der Waals surface area contributed by atoms with Crippen LogP contribution in [0, 0.1) is 10.1 Å². The maximum atomic E-state index is 14.1. The largest absolute Gasteiger partial charge is 0.488 e. The zero-order chi connectivity index (χ0) is 31.5. The molecular weight excluding hydrogens is 612 g/mol. The molecule has 0 aliphatic carbocycles. The highest BCUT2D eigenvalue weighted by Gasteiger charge is 2.32. The number of fused-ring (bicyclic) bond motifs is 1. The average Bonchev–Trinajstić information content (AvgIpc) is 3.34. The molecule has 0 bridgehead atoms. The van der Waals surface area contributed by atoms with Crippen molar-refractivity contribution in [1.29, 1.82) is 0 Å². The van der Waals surface area contributed by atoms with Crippen molar-refractivity contribution in [2.24, 2.45) is 4.99 Å². The summed E-state index contributed by atoms with van der Waals surface area (Å²) >= 11 is 7.40. The molecule has 0 radical (unpaired) electrons. The van der Waals surface area contributed by atoms with Crippen LogP contribution in [-0.2, 0) is 11.4 Å². The van der Waals surface area contributed by atoms with Crippen molar-refractivity contribution in [2.75, 3.05) is 5.32 Å². The number of nitrogens with zero attached hydrogens (tertiary/aromatic N) is 3. The summed E-state index contributed by atoms with van der Waals surface area (Å²) in [6.45, 7) is 1.86. The molecule has 45 heavy (non-hydrogen) atoms. The standard InChI is InChI=1S/C34H25ClN4O5S/c1-21-30(32(40)37-26-10-3-2-4-11-26)31(23-14-16-25(35)17-15-23)38-33(41)29(45-34(38)36-21)19-24-9-5-6-13-28(24)44-20-22-8-7-12-27(18-22)39(42)43/h2-19,31H,20H2,1H3,(H,37,40). The maximum absolute atomic E-state index is 14.1. The lowest BCUT2D eigenvalue weighted by Crippen LogP contribution is -2.40. The van der Waals surface area contributed by atoms with Crippen molar-refractivity contribution in [3.05, 3.63) is 166 Å². The van der Waals surface area contributed by atoms with E-state index in [1.165, 1.54) is 23.5 Å². The van der Waals surface area contributed by atoms with Crippen molar-refractivity contribution >= 4 is 46.3 Å². The third-order valence-corrected chi connectivity index (χ3v) is 8.44. The van der Waals surface area contributed by atoms with E-state index in [-0.39, 0.29) is 23.8 Å². The van der Waals surface area contributed by atoms with Crippen LogP contribution < -0.4 is 24.9 Å². The molecule has 1 aliphatic heterocycles. The minimum Gasteiger partial charge on any atom is -0.488 e. The van der Waals surface area contributed by atoms with Gasteiger partial charge in [-0.15, -0.1) is 0 Å². The highest BCUT2D eigenvalue weighted by molar-refractivity contribution is 7.07. The second-order valence-electron chi connectivity index (χ2n) is 10.2. The summed E-state index contributed by atoms with van der Waals surface area (Å²) in [6, 6.07) is 28.9. The number of ether oxygens (including phenoxy) is 1. The van der Waals surface area contributed by atoms with Crippen molar-refractivity contribution in [1.82, 2.24) is 4.57 Å². The molecule has 224 valence electrons. The fourth-order valence-corrected chi connectivity index (χ4v) is 6.25. The molecule has 11 heteroatoms. The summed E-state index contributed by atoms with van der Waals surface area (Å²) in [5.74, 6) is 0.139. The summed E-state index contributed by atoms with van der Waals surface area (Å²) in [5, 5.41) is 14.6. The number of nitro benzene ring substituents is 1. The van der Waals surface area contributed by atoms with Gasteiger partial charge in [0.25, 0.3) is 17.2 Å². The van der Waals surface area contributed by atoms with Crippen molar-refractivity contribution in [3.63, 3.8) is 0 Å². The van der Waals surface area contributed by atoms with Crippen LogP contribution in [0.15, 0.2) is 124 Å². The quantitative estimate of drug-likeness (QED) is 0.165. The number of rotatable bonds is 8. The van der Waals surface area contributed by atoms with Crippen molar-refractivity contribution in [3.8, 4) is 5.75 Å². The lowest BCUT2D eigenvalue weighted by atomic mass is 9.95. The van der Waals surface area contributed by atoms with Crippen LogP contribution in [-0.4, -0.2) is 15.4 Å². The van der Waals surface area contributed by atoms with Crippen LogP contribution in [0.3, 0.4) is 0 Å². The predicted molar refractivity (Wildman–Crippen MR) is 174 cm³/mol. The van der Waals surface area contributed by atoms with E-state index < -0.39 is 11.0 Å². The molecule has 1 amide bonds. The van der Waals surface area contributed by atoms with E-state index in [4.69, 9.17) is 21.3 Å². The minimum absolute atomic E-state index is 0.0205. The highest BCUT2D eigenvalue weighted by atomic mass is 35.5. The number of carbonyl (C=O) groups excluding carboxylic acids is 1. The molecule has 5 aromatic rings. The number of benzene rings is 4. The lowest BCUT2D eigenvalue weighted by molar-refractivity contribution is -0.384. The van der Waals surface area contributed by atoms with Gasteiger partial charge in [-0.05, 0) is 54.5 Å². The second-order valence-corrected chi connectivity index (χ2v) is 11.7. The van der Waals surface area contributed by atoms with E-state index in [0.29, 0.717) is 53.8 Å². The molecule has 1 atom stereocenters. The predicted octanol–water partition coefficient (Wildman–Crippen LogP) is 6.01. The number of allylic oxidation sites excluding steroid dienone is 1. The van der Waals surface area contributed by atoms with Gasteiger partial charge in [0.1, 0.15) is 12.4 Å². The number of thiazole rings is 1. The number of carbonyl (C=O) groups is 1. The van der Waals surface area contributed by atoms with Crippen molar-refractivity contribution < 1.29 is 14.5 Å². The van der Waals surface area contributed by atoms with Crippen molar-refractivity contribution in [2.45, 2.75) is 19.6 Å². The van der Waals surface area contributed by atoms with Crippen LogP contribution in [0.1, 0.15) is 29.7 Å². The normalized spacial score (nSPS) is 14.4. The number of halogens is 1. The van der Waals surface area contributed by atoms with E-state index in [9.17, 15) is 19.7 Å². The first-order valence-electron chi connectivity index (χ1n) is 13.9. The molecule has 1 unspecified atom stereocenters. The fraction of sp³-hybridized carbons (Fsp3) is 0.0882. The van der Waals surface area contributed by atoms with E-state index in [2.05, 4.69) is 5.32 Å². The van der Waals surface area contributed by atoms with Crippen LogP contribution in [0.2, 0.25) is 5.02 Å². The second kappa shape index (κ2) is 12.7. The first kappa shape index (κ1) is 29.7. The SMILES string of the molecule is CC1=C(C(=O)Nc2ccccc2)C(c2ccc(Cl)cc2)n2c(sc(=Cc3ccccc3OCc3cccc([N+](=O)[O-])c3)c2=O)=N1. The zero-order valence-electron chi connectivity index (χ0n) is 23.8. The monoisotopic (exact) mass is 636 g/mol. The lowest BCUT2D eigenvalue weighted by Gasteiger charge is -2.25. The molecule has 1 aliphatic rings. The summed E-state index contributed by atoms with van der Waals surface area (Å²) in [4.78, 5) is 43.7. The Bertz CT molecular complexity index is 2140. The smallest absolute Gasteiger partial charge is 0.271 e. The highest BCUT2D eigenvalue weighted by Crippen LogP contribution is 2.31. The average molecular weight is 637 g/mol. The summed E-state index contributed by atoms with van der Waals surface area (Å²) in [5.41, 5.74) is 3.12. The first-order chi connectivity index (χ1) is 21.8. The Kier molecular flexibility index (Phi) is 8.41. The molecule has 1 aromatic heterocycles. The van der Waals surface area contributed by atoms with Crippen LogP contribution in [0.5, 0.6) is 5.75 Å². The number of para-hydroxylation sites is 2. The van der Waals surface area contributed by atoms with Gasteiger partial charge >= 0.3 is 0 Å². The number of amides is 1. The number of nitrogens with one attached hydrogen (secondary N) is 1. The third-order valence-electron chi connectivity index (χ3n) is 7.21. The molecule has 4 aromatic carbocycles. The maximum Gasteiger partial charge on any atom is 0.271 e. The molecule has 0 saturated carbocycles. The summed E-state index contributed by atoms with van der Waals surface area (Å²) in [7, 11) is 0. The van der Waals surface area contributed by atoms with Crippen LogP contribution in [0.25, 0.3) is 6.08 Å². The van der Waals surface area contributed by atoms with E-state index >= 15 is 0 Å². The van der Waals surface area contributed by atoms with Gasteiger partial charge in [0.05, 0.1) is 26.8 Å². The number of aromatic nitrogens is 1. The first-order valence-corrected chi connectivity index (χ1v) is 15.1. The molecular formula is C34H25ClN4O5S. The summed E-state index contributed by atoms with van der Waals surface area (Å²) < 4.78 is 7.98. The topological polar surface area (TPSA) is 116 Å². The zero-order valence-corrected chi connectivity index (χ0v) is 25.4. The Labute approximate surface area is 266 Å². The number of hydrogen-bond acceptors (Lipinski definition) is 7. The van der Waals surface area contributed by atoms with Gasteiger partial charge in [-0.2, -0.15) is 0 Å². The van der Waals surface area contributed by atoms with E-state index in [0.717, 1.165) is 0 Å². The number of non-ortho nitro benzene ring substituents is 1. The Morgan fingerprint density at radius 3 is 2.53 bits per heavy atom. The number of anilines is 1. The molecule has 0 fully saturated rings. The van der Waals surface area contributed by atoms with Crippen LogP contribution >= 0.6 is 22.9 Å². The fourth-order valence-electron chi connectivity index (χ4n) is 5.09. The van der Waals surface area contributed by atoms with Gasteiger partial charge in [-0.25, -0.2) is 4.99 Å². The Hall–Kier alpha value is -5.32. The number of nitro groups is 1. The number of hydrogen-bond donors (Lipinski definition) is 1. The Morgan fingerprint density at radius 2 is 1.78 bits per heavy atom. The van der Waals surface area contributed by atoms with Gasteiger partial charge in [0, 0.05) is 28.4 Å². The molecule has 1 N–H and O–H groups in total. The van der Waals surface area contributed by atoms with Gasteiger partial charge in [0.15, 0.2) is 4.80 Å². The Morgan fingerprint density at radius 1 is 1.04 bits per heavy atom. The van der Waals surface area contributed by atoms with Crippen LogP contribution in [0.4, 0.5) is 11.4 Å². The summed E-state index contributed by atoms with van der Waals surface area (Å²) in [6.07, 6.45) is 1.73. The molecule has 0 spiro atoms. The molecule has 0 saturated heterocycles. The van der Waals surface area contributed by atoms with Gasteiger partial charge < -0.3 is 10.1 Å². The van der Waals surface area contributed by atoms with E-state index in [1.807, 2.05) is 36.4 Å². The minimum atomic E-state index is -0.746. The third kappa shape index (κ3) is 6.33. The Balaban J connectivity index is 1.40. The molecule has 2 heterocycles. The van der Waals surface area contributed by atoms with Gasteiger partial charge in [-0.3, -0.25) is 24.3 Å². The molecule has 9 nitrogen and oxygen atoms in total. The molecule has 6 rings (SSSR count).